The van der Waals surface area contributed by atoms with Crippen LogP contribution in [-0.4, -0.2) is 24.4 Å². The van der Waals surface area contributed by atoms with Crippen molar-refractivity contribution in [2.45, 2.75) is 45.4 Å². The van der Waals surface area contributed by atoms with E-state index in [4.69, 9.17) is 0 Å². The van der Waals surface area contributed by atoms with E-state index in [1.54, 1.807) is 0 Å². The molecule has 2 aliphatic rings. The molecule has 0 spiro atoms. The Morgan fingerprint density at radius 3 is 2.36 bits per heavy atom. The Morgan fingerprint density at radius 1 is 0.806 bits per heavy atom. The number of allylic oxidation sites excluding steroid dienone is 4. The largest absolute Gasteiger partial charge is 0.347 e. The van der Waals surface area contributed by atoms with Crippen molar-refractivity contribution in [3.05, 3.63) is 107 Å². The van der Waals surface area contributed by atoms with Crippen LogP contribution in [0.25, 0.3) is 21.5 Å². The van der Waals surface area contributed by atoms with Crippen LogP contribution in [0, 0.1) is 6.92 Å². The van der Waals surface area contributed by atoms with Gasteiger partial charge in [-0.3, -0.25) is 0 Å². The molecular formula is C34H35N2+. The van der Waals surface area contributed by atoms with E-state index in [9.17, 15) is 0 Å². The Kier molecular flexibility index (Phi) is 4.86. The molecular weight excluding hydrogens is 436 g/mol. The highest BCUT2D eigenvalue weighted by molar-refractivity contribution is 6.07. The van der Waals surface area contributed by atoms with E-state index in [0.29, 0.717) is 0 Å². The fourth-order valence-corrected chi connectivity index (χ4v) is 6.72. The number of hydrogen-bond acceptors (Lipinski definition) is 1. The summed E-state index contributed by atoms with van der Waals surface area (Å²) in [6, 6.07) is 24.7. The molecule has 0 N–H and O–H groups in total. The van der Waals surface area contributed by atoms with Crippen LogP contribution in [0.1, 0.15) is 44.4 Å². The first-order valence-corrected chi connectivity index (χ1v) is 12.9. The smallest absolute Gasteiger partial charge is 0.217 e. The molecule has 4 aromatic carbocycles. The number of rotatable bonds is 2. The summed E-state index contributed by atoms with van der Waals surface area (Å²) in [7, 11) is 4.41. The number of nitrogens with zero attached hydrogens (tertiary/aromatic N) is 2. The highest BCUT2D eigenvalue weighted by Gasteiger charge is 2.44. The van der Waals surface area contributed by atoms with Gasteiger partial charge in [-0.2, -0.15) is 4.58 Å². The molecule has 180 valence electrons. The molecule has 0 aromatic heterocycles. The van der Waals surface area contributed by atoms with Gasteiger partial charge in [0.2, 0.25) is 5.69 Å². The first-order chi connectivity index (χ1) is 17.1. The van der Waals surface area contributed by atoms with E-state index in [0.717, 1.165) is 0 Å². The molecule has 0 bridgehead atoms. The first kappa shape index (κ1) is 22.8. The molecule has 0 fully saturated rings. The van der Waals surface area contributed by atoms with Crippen molar-refractivity contribution >= 4 is 38.6 Å². The summed E-state index contributed by atoms with van der Waals surface area (Å²) in [5.74, 6) is 0. The van der Waals surface area contributed by atoms with E-state index < -0.39 is 0 Å². The summed E-state index contributed by atoms with van der Waals surface area (Å²) >= 11 is 0. The predicted octanol–water partition coefficient (Wildman–Crippen LogP) is 8.18. The molecule has 0 aliphatic carbocycles. The summed E-state index contributed by atoms with van der Waals surface area (Å²) in [6.07, 6.45) is 6.89. The monoisotopic (exact) mass is 471 g/mol. The normalized spacial score (nSPS) is 19.2. The lowest BCUT2D eigenvalue weighted by molar-refractivity contribution is -0.399. The molecule has 6 rings (SSSR count). The minimum Gasteiger partial charge on any atom is -0.347 e. The molecule has 4 aromatic rings. The predicted molar refractivity (Wildman–Crippen MR) is 155 cm³/mol. The van der Waals surface area contributed by atoms with Crippen LogP contribution in [0.3, 0.4) is 0 Å². The second-order valence-corrected chi connectivity index (χ2v) is 11.5. The number of anilines is 1. The zero-order chi connectivity index (χ0) is 25.4. The molecule has 2 aliphatic heterocycles. The minimum atomic E-state index is -0.0792. The van der Waals surface area contributed by atoms with Gasteiger partial charge in [-0.25, -0.2) is 0 Å². The van der Waals surface area contributed by atoms with Crippen LogP contribution < -0.4 is 4.90 Å². The van der Waals surface area contributed by atoms with Crippen LogP contribution in [0.4, 0.5) is 11.4 Å². The third kappa shape index (κ3) is 3.07. The fourth-order valence-electron chi connectivity index (χ4n) is 6.72. The Morgan fingerprint density at radius 2 is 1.56 bits per heavy atom. The topological polar surface area (TPSA) is 6.25 Å². The molecule has 0 unspecified atom stereocenters. The van der Waals surface area contributed by atoms with Crippen molar-refractivity contribution in [3.63, 3.8) is 0 Å². The van der Waals surface area contributed by atoms with Crippen molar-refractivity contribution in [2.75, 3.05) is 19.0 Å². The molecule has 0 atom stereocenters. The average Bonchev–Trinajstić information content (AvgIpc) is 3.17. The molecule has 0 saturated heterocycles. The lowest BCUT2D eigenvalue weighted by Crippen LogP contribution is -2.26. The second-order valence-electron chi connectivity index (χ2n) is 11.5. The first-order valence-electron chi connectivity index (χ1n) is 12.9. The Hall–Kier alpha value is -3.65. The minimum absolute atomic E-state index is 0.0583. The van der Waals surface area contributed by atoms with Gasteiger partial charge >= 0.3 is 0 Å². The van der Waals surface area contributed by atoms with Crippen molar-refractivity contribution < 1.29 is 4.58 Å². The van der Waals surface area contributed by atoms with Crippen LogP contribution in [0.15, 0.2) is 90.7 Å². The zero-order valence-corrected chi connectivity index (χ0v) is 22.5. The Balaban J connectivity index is 1.43. The van der Waals surface area contributed by atoms with Crippen molar-refractivity contribution in [1.29, 1.82) is 0 Å². The summed E-state index contributed by atoms with van der Waals surface area (Å²) in [5, 5.41) is 5.29. The summed E-state index contributed by atoms with van der Waals surface area (Å²) in [5.41, 5.74) is 9.27. The maximum Gasteiger partial charge on any atom is 0.217 e. The van der Waals surface area contributed by atoms with E-state index in [2.05, 4.69) is 143 Å². The van der Waals surface area contributed by atoms with E-state index in [1.165, 1.54) is 61.0 Å². The van der Waals surface area contributed by atoms with Gasteiger partial charge in [0.25, 0.3) is 0 Å². The lowest BCUT2D eigenvalue weighted by atomic mass is 9.80. The van der Waals surface area contributed by atoms with Crippen molar-refractivity contribution in [3.8, 4) is 0 Å². The van der Waals surface area contributed by atoms with Crippen molar-refractivity contribution in [2.24, 2.45) is 0 Å². The molecule has 0 radical (unpaired) electrons. The molecule has 2 heterocycles. The highest BCUT2D eigenvalue weighted by Crippen LogP contribution is 2.50. The van der Waals surface area contributed by atoms with Gasteiger partial charge in [-0.15, -0.1) is 0 Å². The standard InChI is InChI=1S/C34H35N2/c1-22-15-18-25-24(21-22)17-20-28-31(25)34(4,5)30(35(28)6)14-10-13-29-33(2,3)27-19-16-23-11-8-9-12-26(23)32(27)36(29)7/h8-21H,1-7H3/q+1. The van der Waals surface area contributed by atoms with Gasteiger partial charge in [0.15, 0.2) is 5.71 Å². The van der Waals surface area contributed by atoms with Gasteiger partial charge < -0.3 is 4.90 Å². The summed E-state index contributed by atoms with van der Waals surface area (Å²) in [4.78, 5) is 2.37. The Bertz CT molecular complexity index is 1660. The number of likely N-dealkylation sites (N-methyl/N-ethyl adjacent to an activating group) is 1. The van der Waals surface area contributed by atoms with E-state index in [-0.39, 0.29) is 10.8 Å². The van der Waals surface area contributed by atoms with Crippen LogP contribution in [0.2, 0.25) is 0 Å². The lowest BCUT2D eigenvalue weighted by Gasteiger charge is -2.24. The number of hydrogen-bond donors (Lipinski definition) is 0. The average molecular weight is 472 g/mol. The van der Waals surface area contributed by atoms with E-state index >= 15 is 0 Å². The molecule has 0 saturated carbocycles. The van der Waals surface area contributed by atoms with Gasteiger partial charge in [-0.05, 0) is 60.7 Å². The molecule has 36 heavy (non-hydrogen) atoms. The van der Waals surface area contributed by atoms with Crippen LogP contribution in [0.5, 0.6) is 0 Å². The maximum atomic E-state index is 2.39. The SMILES string of the molecule is Cc1ccc2c3c(ccc2c1)N(C)C(=CC=CC1=[N+](C)c2c(ccc4ccccc24)C1(C)C)C3(C)C. The summed E-state index contributed by atoms with van der Waals surface area (Å²) in [6.45, 7) is 11.6. The molecule has 2 heteroatoms. The second kappa shape index (κ2) is 7.67. The third-order valence-corrected chi connectivity index (χ3v) is 8.56. The number of benzene rings is 4. The fraction of sp³-hybridized carbons (Fsp3) is 0.265. The van der Waals surface area contributed by atoms with Crippen molar-refractivity contribution in [1.82, 2.24) is 0 Å². The number of fused-ring (bicyclic) bond motifs is 6. The Labute approximate surface area is 214 Å². The quantitative estimate of drug-likeness (QED) is 0.267. The highest BCUT2D eigenvalue weighted by atomic mass is 15.2. The van der Waals surface area contributed by atoms with Gasteiger partial charge in [-0.1, -0.05) is 80.1 Å². The summed E-state index contributed by atoms with van der Waals surface area (Å²) < 4.78 is 2.39. The van der Waals surface area contributed by atoms with Crippen LogP contribution in [-0.2, 0) is 10.8 Å². The van der Waals surface area contributed by atoms with Gasteiger partial charge in [0, 0.05) is 35.5 Å². The zero-order valence-electron chi connectivity index (χ0n) is 22.5. The van der Waals surface area contributed by atoms with Gasteiger partial charge in [0.05, 0.1) is 10.8 Å². The molecule has 0 amide bonds. The third-order valence-electron chi connectivity index (χ3n) is 8.56. The number of aryl methyl sites for hydroxylation is 1. The van der Waals surface area contributed by atoms with Crippen LogP contribution >= 0.6 is 0 Å². The van der Waals surface area contributed by atoms with E-state index in [1.807, 2.05) is 0 Å². The molecule has 2 nitrogen and oxygen atoms in total. The maximum absolute atomic E-state index is 2.39. The van der Waals surface area contributed by atoms with Gasteiger partial charge in [0.1, 0.15) is 7.05 Å².